The van der Waals surface area contributed by atoms with Gasteiger partial charge in [0.2, 0.25) is 5.91 Å². The number of ether oxygens (including phenoxy) is 1. The number of carbonyl (C=O) groups is 2. The standard InChI is InChI=1S/C28H56NO8P/c1-3-5-7-9-11-13-14-16-18-20-27(31)29-22-23-36-38(33,34)37-25-26(30)24-35-28(32)21-19-17-15-12-10-8-6-4-2/h26,30H,3-25H2,1-2H3,(H,29,31)(H,33,34). The van der Waals surface area contributed by atoms with Gasteiger partial charge in [0.25, 0.3) is 0 Å². The van der Waals surface area contributed by atoms with E-state index in [-0.39, 0.29) is 32.1 Å². The Kier molecular flexibility index (Phi) is 25.6. The lowest BCUT2D eigenvalue weighted by Crippen LogP contribution is -2.27. The van der Waals surface area contributed by atoms with E-state index in [1.54, 1.807) is 0 Å². The molecule has 2 unspecified atom stereocenters. The summed E-state index contributed by atoms with van der Waals surface area (Å²) in [6, 6.07) is 0. The van der Waals surface area contributed by atoms with E-state index >= 15 is 0 Å². The molecule has 1 amide bonds. The zero-order chi connectivity index (χ0) is 28.3. The van der Waals surface area contributed by atoms with Crippen molar-refractivity contribution in [3.8, 4) is 0 Å². The van der Waals surface area contributed by atoms with Crippen LogP contribution in [0.4, 0.5) is 0 Å². The molecule has 0 heterocycles. The second kappa shape index (κ2) is 26.2. The summed E-state index contributed by atoms with van der Waals surface area (Å²) in [7, 11) is -4.39. The molecule has 0 aliphatic heterocycles. The molecule has 0 aromatic rings. The van der Waals surface area contributed by atoms with Gasteiger partial charge in [0.1, 0.15) is 12.7 Å². The summed E-state index contributed by atoms with van der Waals surface area (Å²) in [6.45, 7) is 3.47. The van der Waals surface area contributed by atoms with Crippen LogP contribution in [0, 0.1) is 0 Å². The maximum absolute atomic E-state index is 11.9. The maximum atomic E-state index is 11.9. The zero-order valence-corrected chi connectivity index (χ0v) is 25.0. The Morgan fingerprint density at radius 1 is 0.711 bits per heavy atom. The Balaban J connectivity index is 3.68. The lowest BCUT2D eigenvalue weighted by molar-refractivity contribution is -0.147. The molecule has 38 heavy (non-hydrogen) atoms. The van der Waals surface area contributed by atoms with E-state index in [2.05, 4.69) is 19.2 Å². The summed E-state index contributed by atoms with van der Waals surface area (Å²) >= 11 is 0. The first kappa shape index (κ1) is 37.0. The Labute approximate surface area is 231 Å². The topological polar surface area (TPSA) is 131 Å². The van der Waals surface area contributed by atoms with Crippen LogP contribution in [-0.2, 0) is 27.9 Å². The van der Waals surface area contributed by atoms with Crippen LogP contribution >= 0.6 is 7.82 Å². The number of rotatable bonds is 28. The molecule has 0 aliphatic carbocycles. The van der Waals surface area contributed by atoms with Gasteiger partial charge in [-0.25, -0.2) is 4.57 Å². The Hall–Kier alpha value is -0.990. The average Bonchev–Trinajstić information content (AvgIpc) is 2.89. The number of aliphatic hydroxyl groups is 1. The van der Waals surface area contributed by atoms with Crippen LogP contribution < -0.4 is 5.32 Å². The van der Waals surface area contributed by atoms with E-state index in [1.807, 2.05) is 0 Å². The predicted octanol–water partition coefficient (Wildman–Crippen LogP) is 6.59. The molecule has 3 N–H and O–H groups in total. The smallest absolute Gasteiger partial charge is 0.463 e. The number of phosphoric acid groups is 1. The first-order chi connectivity index (χ1) is 18.3. The summed E-state index contributed by atoms with van der Waals surface area (Å²) in [5.74, 6) is -0.522. The van der Waals surface area contributed by atoms with E-state index < -0.39 is 26.5 Å². The van der Waals surface area contributed by atoms with E-state index in [0.717, 1.165) is 38.5 Å². The van der Waals surface area contributed by atoms with E-state index in [9.17, 15) is 24.2 Å². The molecule has 2 atom stereocenters. The van der Waals surface area contributed by atoms with Crippen LogP contribution in [0.25, 0.3) is 0 Å². The zero-order valence-electron chi connectivity index (χ0n) is 24.1. The lowest BCUT2D eigenvalue weighted by atomic mass is 10.1. The summed E-state index contributed by atoms with van der Waals surface area (Å²) in [5, 5.41) is 12.5. The Morgan fingerprint density at radius 2 is 1.18 bits per heavy atom. The summed E-state index contributed by atoms with van der Waals surface area (Å²) in [6.07, 6.45) is 19.1. The maximum Gasteiger partial charge on any atom is 0.472 e. The molecular weight excluding hydrogens is 509 g/mol. The molecule has 0 saturated carbocycles. The molecule has 10 heteroatoms. The Bertz CT molecular complexity index is 620. The van der Waals surface area contributed by atoms with Crippen LogP contribution in [0.15, 0.2) is 0 Å². The number of hydrogen-bond donors (Lipinski definition) is 3. The van der Waals surface area contributed by atoms with Gasteiger partial charge in [-0.3, -0.25) is 18.6 Å². The van der Waals surface area contributed by atoms with E-state index in [1.165, 1.54) is 70.6 Å². The summed E-state index contributed by atoms with van der Waals surface area (Å²) < 4.78 is 26.5. The van der Waals surface area contributed by atoms with Crippen molar-refractivity contribution in [1.82, 2.24) is 5.32 Å². The van der Waals surface area contributed by atoms with Crippen molar-refractivity contribution in [2.75, 3.05) is 26.4 Å². The largest absolute Gasteiger partial charge is 0.472 e. The highest BCUT2D eigenvalue weighted by molar-refractivity contribution is 7.47. The minimum Gasteiger partial charge on any atom is -0.463 e. The van der Waals surface area contributed by atoms with Gasteiger partial charge >= 0.3 is 13.8 Å². The quantitative estimate of drug-likeness (QED) is 0.0550. The van der Waals surface area contributed by atoms with Crippen molar-refractivity contribution in [3.63, 3.8) is 0 Å². The van der Waals surface area contributed by atoms with Crippen LogP contribution in [0.2, 0.25) is 0 Å². The SMILES string of the molecule is CCCCCCCCCCCC(=O)NCCOP(=O)(O)OCC(O)COC(=O)CCCCCCCCCC. The van der Waals surface area contributed by atoms with Crippen LogP contribution in [0.1, 0.15) is 136 Å². The minimum absolute atomic E-state index is 0.0864. The van der Waals surface area contributed by atoms with Gasteiger partial charge < -0.3 is 20.1 Å². The third kappa shape index (κ3) is 26.6. The second-order valence-corrected chi connectivity index (χ2v) is 11.5. The lowest BCUT2D eigenvalue weighted by Gasteiger charge is -2.15. The molecule has 0 spiro atoms. The highest BCUT2D eigenvalue weighted by Crippen LogP contribution is 2.42. The molecule has 226 valence electrons. The third-order valence-electron chi connectivity index (χ3n) is 6.29. The summed E-state index contributed by atoms with van der Waals surface area (Å²) in [5.41, 5.74) is 0. The molecule has 0 aromatic carbocycles. The normalized spacial score (nSPS) is 13.7. The van der Waals surface area contributed by atoms with Gasteiger partial charge in [-0.05, 0) is 12.8 Å². The molecular formula is C28H56NO8P. The fraction of sp³-hybridized carbons (Fsp3) is 0.929. The highest BCUT2D eigenvalue weighted by Gasteiger charge is 2.23. The predicted molar refractivity (Wildman–Crippen MR) is 151 cm³/mol. The van der Waals surface area contributed by atoms with Crippen molar-refractivity contribution >= 4 is 19.7 Å². The second-order valence-electron chi connectivity index (χ2n) is 10.1. The van der Waals surface area contributed by atoms with Gasteiger partial charge in [-0.1, -0.05) is 110 Å². The number of nitrogens with one attached hydrogen (secondary N) is 1. The molecule has 0 fully saturated rings. The van der Waals surface area contributed by atoms with Gasteiger partial charge in [0, 0.05) is 19.4 Å². The molecule has 0 aromatic heterocycles. The van der Waals surface area contributed by atoms with Crippen LogP contribution in [0.5, 0.6) is 0 Å². The summed E-state index contributed by atoms with van der Waals surface area (Å²) in [4.78, 5) is 33.3. The average molecular weight is 566 g/mol. The monoisotopic (exact) mass is 565 g/mol. The van der Waals surface area contributed by atoms with Crippen molar-refractivity contribution in [2.24, 2.45) is 0 Å². The van der Waals surface area contributed by atoms with E-state index in [0.29, 0.717) is 6.42 Å². The fourth-order valence-electron chi connectivity index (χ4n) is 3.97. The molecule has 0 saturated heterocycles. The van der Waals surface area contributed by atoms with Crippen molar-refractivity contribution in [1.29, 1.82) is 0 Å². The molecule has 0 radical (unpaired) electrons. The molecule has 0 rings (SSSR count). The number of unbranched alkanes of at least 4 members (excludes halogenated alkanes) is 15. The van der Waals surface area contributed by atoms with Crippen molar-refractivity contribution < 1.29 is 37.9 Å². The number of phosphoric ester groups is 1. The number of hydrogen-bond acceptors (Lipinski definition) is 7. The fourth-order valence-corrected chi connectivity index (χ4v) is 4.72. The third-order valence-corrected chi connectivity index (χ3v) is 7.27. The minimum atomic E-state index is -4.39. The van der Waals surface area contributed by atoms with E-state index in [4.69, 9.17) is 13.8 Å². The van der Waals surface area contributed by atoms with Crippen LogP contribution in [-0.4, -0.2) is 54.3 Å². The number of carbonyl (C=O) groups excluding carboxylic acids is 2. The number of aliphatic hydroxyl groups excluding tert-OH is 1. The molecule has 0 bridgehead atoms. The van der Waals surface area contributed by atoms with Crippen molar-refractivity contribution in [3.05, 3.63) is 0 Å². The first-order valence-electron chi connectivity index (χ1n) is 15.0. The van der Waals surface area contributed by atoms with Gasteiger partial charge in [0.15, 0.2) is 0 Å². The number of esters is 1. The molecule has 0 aliphatic rings. The van der Waals surface area contributed by atoms with Gasteiger partial charge in [0.05, 0.1) is 13.2 Å². The van der Waals surface area contributed by atoms with Gasteiger partial charge in [-0.15, -0.1) is 0 Å². The van der Waals surface area contributed by atoms with Crippen molar-refractivity contribution in [2.45, 2.75) is 142 Å². The van der Waals surface area contributed by atoms with Gasteiger partial charge in [-0.2, -0.15) is 0 Å². The number of amides is 1. The molecule has 9 nitrogen and oxygen atoms in total. The Morgan fingerprint density at radius 3 is 1.71 bits per heavy atom. The highest BCUT2D eigenvalue weighted by atomic mass is 31.2. The van der Waals surface area contributed by atoms with Crippen LogP contribution in [0.3, 0.4) is 0 Å². The first-order valence-corrected chi connectivity index (χ1v) is 16.5.